The average molecular weight is 524 g/mol. The van der Waals surface area contributed by atoms with Gasteiger partial charge in [0.15, 0.2) is 0 Å². The highest BCUT2D eigenvalue weighted by Crippen LogP contribution is 2.47. The highest BCUT2D eigenvalue weighted by atomic mass is 32.2. The molecule has 2 aromatic heterocycles. The van der Waals surface area contributed by atoms with E-state index in [1.54, 1.807) is 28.7 Å². The number of anilines is 1. The lowest BCUT2D eigenvalue weighted by Crippen LogP contribution is -2.49. The van der Waals surface area contributed by atoms with Crippen LogP contribution in [0.25, 0.3) is 11.8 Å². The first-order valence-electron chi connectivity index (χ1n) is 12.7. The van der Waals surface area contributed by atoms with E-state index in [0.29, 0.717) is 45.4 Å². The second-order valence-corrected chi connectivity index (χ2v) is 12.2. The SMILES string of the molecule is CC[C@]12Cc3cnn(-c4ccc(F)cc4)c3C=C1CCN(S(=O)(=O)c1cncc(N3CC[C@H](O)C3)c1)C2. The molecule has 2 fully saturated rings. The standard InChI is InChI=1S/C27H30FN5O3S/c1-2-27-13-19-14-30-33(22-5-3-21(28)4-6-22)26(19)11-20(27)7-10-32(18-27)37(35,36)25-12-23(15-29-16-25)31-9-8-24(34)17-31/h3-6,11-12,14-16,24,34H,2,7-10,13,17-18H2,1H3/t24-,27+/m0/s1. The molecule has 1 N–H and O–H groups in total. The summed E-state index contributed by atoms with van der Waals surface area (Å²) in [5, 5.41) is 14.5. The van der Waals surface area contributed by atoms with Gasteiger partial charge in [-0.2, -0.15) is 9.40 Å². The van der Waals surface area contributed by atoms with Crippen LogP contribution in [0.3, 0.4) is 0 Å². The Morgan fingerprint density at radius 2 is 1.95 bits per heavy atom. The lowest BCUT2D eigenvalue weighted by Gasteiger charge is -2.45. The van der Waals surface area contributed by atoms with Gasteiger partial charge in [-0.15, -0.1) is 0 Å². The Labute approximate surface area is 216 Å². The van der Waals surface area contributed by atoms with Crippen molar-refractivity contribution in [3.8, 4) is 5.69 Å². The molecule has 1 aliphatic carbocycles. The van der Waals surface area contributed by atoms with Gasteiger partial charge in [-0.1, -0.05) is 12.5 Å². The second-order valence-electron chi connectivity index (χ2n) is 10.3. The topological polar surface area (TPSA) is 91.6 Å². The average Bonchev–Trinajstić information content (AvgIpc) is 3.53. The molecule has 6 rings (SSSR count). The molecule has 0 bridgehead atoms. The molecule has 0 unspecified atom stereocenters. The molecule has 0 saturated carbocycles. The Hall–Kier alpha value is -3.08. The normalized spacial score (nSPS) is 24.0. The number of aliphatic hydroxyl groups is 1. The molecule has 37 heavy (non-hydrogen) atoms. The predicted molar refractivity (Wildman–Crippen MR) is 138 cm³/mol. The van der Waals surface area contributed by atoms with Crippen molar-refractivity contribution < 1.29 is 17.9 Å². The minimum atomic E-state index is -3.75. The molecule has 0 radical (unpaired) electrons. The quantitative estimate of drug-likeness (QED) is 0.551. The van der Waals surface area contributed by atoms with Gasteiger partial charge in [0.1, 0.15) is 10.7 Å². The van der Waals surface area contributed by atoms with Crippen molar-refractivity contribution in [1.82, 2.24) is 19.1 Å². The van der Waals surface area contributed by atoms with Gasteiger partial charge in [0.05, 0.1) is 35.6 Å². The molecule has 2 aliphatic heterocycles. The van der Waals surface area contributed by atoms with Crippen LogP contribution in [0, 0.1) is 11.2 Å². The number of β-amino-alcohol motifs (C(OH)–C–C–N with tert-alkyl or cyclic N) is 1. The van der Waals surface area contributed by atoms with E-state index in [4.69, 9.17) is 0 Å². The van der Waals surface area contributed by atoms with Crippen LogP contribution in [0.2, 0.25) is 0 Å². The third kappa shape index (κ3) is 4.17. The summed E-state index contributed by atoms with van der Waals surface area (Å²) in [6.45, 7) is 4.06. The number of sulfonamides is 1. The number of aliphatic hydroxyl groups excluding tert-OH is 1. The molecular formula is C27H30FN5O3S. The number of rotatable bonds is 5. The van der Waals surface area contributed by atoms with Gasteiger partial charge in [-0.25, -0.2) is 17.5 Å². The first-order chi connectivity index (χ1) is 17.8. The highest BCUT2D eigenvalue weighted by Gasteiger charge is 2.45. The number of hydrogen-bond acceptors (Lipinski definition) is 6. The van der Waals surface area contributed by atoms with Crippen LogP contribution in [-0.2, 0) is 16.4 Å². The number of pyridine rings is 1. The molecule has 10 heteroatoms. The van der Waals surface area contributed by atoms with E-state index >= 15 is 0 Å². The van der Waals surface area contributed by atoms with Crippen LogP contribution in [0.4, 0.5) is 10.1 Å². The van der Waals surface area contributed by atoms with Crippen molar-refractivity contribution in [2.24, 2.45) is 5.41 Å². The predicted octanol–water partition coefficient (Wildman–Crippen LogP) is 3.41. The molecule has 2 atom stereocenters. The number of piperidine rings is 1. The third-order valence-corrected chi connectivity index (χ3v) is 9.94. The molecule has 8 nitrogen and oxygen atoms in total. The number of fused-ring (bicyclic) bond motifs is 2. The van der Waals surface area contributed by atoms with E-state index in [1.807, 2.05) is 15.8 Å². The number of benzene rings is 1. The maximum atomic E-state index is 13.8. The second kappa shape index (κ2) is 9.04. The molecule has 194 valence electrons. The van der Waals surface area contributed by atoms with Crippen molar-refractivity contribution >= 4 is 21.8 Å². The van der Waals surface area contributed by atoms with E-state index in [2.05, 4.69) is 23.1 Å². The molecular weight excluding hydrogens is 493 g/mol. The first kappa shape index (κ1) is 24.3. The number of halogens is 1. The van der Waals surface area contributed by atoms with Gasteiger partial charge in [-0.05, 0) is 67.7 Å². The largest absolute Gasteiger partial charge is 0.391 e. The Balaban J connectivity index is 1.29. The number of nitrogens with zero attached hydrogens (tertiary/aromatic N) is 5. The minimum absolute atomic E-state index is 0.186. The Kier molecular flexibility index (Phi) is 5.93. The molecule has 2 saturated heterocycles. The van der Waals surface area contributed by atoms with Crippen molar-refractivity contribution in [2.75, 3.05) is 31.1 Å². The van der Waals surface area contributed by atoms with E-state index in [-0.39, 0.29) is 16.1 Å². The van der Waals surface area contributed by atoms with Crippen molar-refractivity contribution in [2.45, 2.75) is 43.6 Å². The molecule has 3 aliphatic rings. The van der Waals surface area contributed by atoms with Crippen molar-refractivity contribution in [3.05, 3.63) is 71.6 Å². The summed E-state index contributed by atoms with van der Waals surface area (Å²) in [4.78, 5) is 6.39. The van der Waals surface area contributed by atoms with Gasteiger partial charge in [0, 0.05) is 37.8 Å². The Morgan fingerprint density at radius 3 is 2.68 bits per heavy atom. The van der Waals surface area contributed by atoms with Gasteiger partial charge in [0.25, 0.3) is 0 Å². The molecule has 4 heterocycles. The van der Waals surface area contributed by atoms with E-state index in [9.17, 15) is 17.9 Å². The summed E-state index contributed by atoms with van der Waals surface area (Å²) >= 11 is 0. The maximum Gasteiger partial charge on any atom is 0.244 e. The first-order valence-corrected chi connectivity index (χ1v) is 14.2. The van der Waals surface area contributed by atoms with E-state index in [0.717, 1.165) is 29.1 Å². The fraction of sp³-hybridized carbons (Fsp3) is 0.407. The number of hydrogen-bond donors (Lipinski definition) is 1. The fourth-order valence-corrected chi connectivity index (χ4v) is 7.45. The van der Waals surface area contributed by atoms with Crippen LogP contribution in [0.5, 0.6) is 0 Å². The highest BCUT2D eigenvalue weighted by molar-refractivity contribution is 7.89. The summed E-state index contributed by atoms with van der Waals surface area (Å²) in [7, 11) is -3.75. The fourth-order valence-electron chi connectivity index (χ4n) is 5.94. The summed E-state index contributed by atoms with van der Waals surface area (Å²) in [6, 6.07) is 7.95. The van der Waals surface area contributed by atoms with Crippen LogP contribution in [0.1, 0.15) is 37.4 Å². The van der Waals surface area contributed by atoms with Crippen molar-refractivity contribution in [3.63, 3.8) is 0 Å². The zero-order valence-electron chi connectivity index (χ0n) is 20.7. The van der Waals surface area contributed by atoms with Gasteiger partial charge in [-0.3, -0.25) is 4.98 Å². The van der Waals surface area contributed by atoms with Gasteiger partial charge >= 0.3 is 0 Å². The Bertz CT molecular complexity index is 1470. The molecule has 3 aromatic rings. The van der Waals surface area contributed by atoms with Crippen LogP contribution < -0.4 is 4.90 Å². The third-order valence-electron chi connectivity index (χ3n) is 8.13. The van der Waals surface area contributed by atoms with E-state index < -0.39 is 16.1 Å². The van der Waals surface area contributed by atoms with Gasteiger partial charge < -0.3 is 10.0 Å². The maximum absolute atomic E-state index is 13.8. The summed E-state index contributed by atoms with van der Waals surface area (Å²) in [5.74, 6) is -0.291. The van der Waals surface area contributed by atoms with Crippen LogP contribution >= 0.6 is 0 Å². The Morgan fingerprint density at radius 1 is 1.14 bits per heavy atom. The van der Waals surface area contributed by atoms with Gasteiger partial charge in [0.2, 0.25) is 10.0 Å². The zero-order chi connectivity index (χ0) is 25.8. The summed E-state index contributed by atoms with van der Waals surface area (Å²) in [5.41, 5.74) is 4.48. The monoisotopic (exact) mass is 523 g/mol. The smallest absolute Gasteiger partial charge is 0.244 e. The number of aromatic nitrogens is 3. The lowest BCUT2D eigenvalue weighted by atomic mass is 9.67. The molecule has 0 amide bonds. The summed E-state index contributed by atoms with van der Waals surface area (Å²) in [6.07, 6.45) is 9.46. The molecule has 1 aromatic carbocycles. The lowest BCUT2D eigenvalue weighted by molar-refractivity contribution is 0.198. The van der Waals surface area contributed by atoms with Crippen LogP contribution in [-0.4, -0.2) is 64.9 Å². The molecule has 0 spiro atoms. The summed E-state index contributed by atoms with van der Waals surface area (Å²) < 4.78 is 44.4. The van der Waals surface area contributed by atoms with Crippen LogP contribution in [0.15, 0.2) is 59.4 Å². The van der Waals surface area contributed by atoms with E-state index in [1.165, 1.54) is 23.9 Å². The minimum Gasteiger partial charge on any atom is -0.391 e. The van der Waals surface area contributed by atoms with Crippen molar-refractivity contribution in [1.29, 1.82) is 0 Å². The zero-order valence-corrected chi connectivity index (χ0v) is 21.5.